The molecule has 0 radical (unpaired) electrons. The van der Waals surface area contributed by atoms with Crippen molar-refractivity contribution in [1.82, 2.24) is 4.90 Å². The van der Waals surface area contributed by atoms with Gasteiger partial charge >= 0.3 is 6.09 Å². The summed E-state index contributed by atoms with van der Waals surface area (Å²) in [7, 11) is 0. The number of piperidine rings is 1. The first-order valence-corrected chi connectivity index (χ1v) is 10.6. The summed E-state index contributed by atoms with van der Waals surface area (Å²) in [5, 5.41) is 8.96. The number of hydrogen-bond donors (Lipinski definition) is 1. The Hall–Kier alpha value is -0.850. The van der Waals surface area contributed by atoms with E-state index in [0.29, 0.717) is 18.8 Å². The van der Waals surface area contributed by atoms with Crippen LogP contribution in [0.2, 0.25) is 0 Å². The van der Waals surface area contributed by atoms with Crippen molar-refractivity contribution in [1.29, 1.82) is 0 Å². The Morgan fingerprint density at radius 3 is 2.37 bits per heavy atom. The zero-order chi connectivity index (χ0) is 19.9. The zero-order valence-corrected chi connectivity index (χ0v) is 17.7. The van der Waals surface area contributed by atoms with Crippen LogP contribution in [0.4, 0.5) is 4.79 Å². The van der Waals surface area contributed by atoms with Crippen molar-refractivity contribution in [3.63, 3.8) is 0 Å². The van der Waals surface area contributed by atoms with E-state index in [9.17, 15) is 4.79 Å². The zero-order valence-electron chi connectivity index (χ0n) is 17.7. The molecule has 1 N–H and O–H groups in total. The molecule has 2 bridgehead atoms. The van der Waals surface area contributed by atoms with Crippen molar-refractivity contribution in [2.45, 2.75) is 90.4 Å². The van der Waals surface area contributed by atoms with Gasteiger partial charge in [0.2, 0.25) is 0 Å². The van der Waals surface area contributed by atoms with E-state index in [1.165, 1.54) is 12.8 Å². The summed E-state index contributed by atoms with van der Waals surface area (Å²) in [6.45, 7) is 11.3. The molecule has 27 heavy (non-hydrogen) atoms. The van der Waals surface area contributed by atoms with Gasteiger partial charge in [0.25, 0.3) is 0 Å². The number of carbonyl (C=O) groups excluding carboxylic acids is 1. The number of rotatable bonds is 5. The SMILES string of the molecule is CCCCOC1CCN(C(=O)OC(C)(C)C)CC1.OCC12CCC(C1)OC2. The van der Waals surface area contributed by atoms with Crippen LogP contribution in [0.1, 0.15) is 72.6 Å². The van der Waals surface area contributed by atoms with Crippen molar-refractivity contribution >= 4 is 6.09 Å². The van der Waals surface area contributed by atoms with Crippen LogP contribution >= 0.6 is 0 Å². The second-order valence-electron chi connectivity index (χ2n) is 9.23. The summed E-state index contributed by atoms with van der Waals surface area (Å²) in [6.07, 6.45) is 8.16. The summed E-state index contributed by atoms with van der Waals surface area (Å²) in [4.78, 5) is 13.6. The predicted molar refractivity (Wildman–Crippen MR) is 105 cm³/mol. The molecule has 2 heterocycles. The van der Waals surface area contributed by atoms with Gasteiger partial charge < -0.3 is 24.2 Å². The van der Waals surface area contributed by atoms with Crippen molar-refractivity contribution < 1.29 is 24.1 Å². The van der Waals surface area contributed by atoms with Crippen LogP contribution in [0.25, 0.3) is 0 Å². The van der Waals surface area contributed by atoms with Gasteiger partial charge in [-0.25, -0.2) is 4.79 Å². The molecule has 3 rings (SSSR count). The number of hydrogen-bond acceptors (Lipinski definition) is 5. The topological polar surface area (TPSA) is 68.2 Å². The van der Waals surface area contributed by atoms with E-state index in [4.69, 9.17) is 19.3 Å². The number of unbranched alkanes of at least 4 members (excludes halogenated alkanes) is 1. The van der Waals surface area contributed by atoms with Crippen LogP contribution in [-0.2, 0) is 14.2 Å². The Morgan fingerprint density at radius 2 is 1.96 bits per heavy atom. The molecule has 3 fully saturated rings. The molecule has 2 aliphatic heterocycles. The standard InChI is InChI=1S/C14H27NO3.C7H12O2/c1-5-6-11-17-12-7-9-15(10-8-12)13(16)18-14(2,3)4;8-4-7-2-1-6(3-7)9-5-7/h12H,5-11H2,1-4H3;6,8H,1-5H2. The smallest absolute Gasteiger partial charge is 0.410 e. The second-order valence-corrected chi connectivity index (χ2v) is 9.23. The summed E-state index contributed by atoms with van der Waals surface area (Å²) < 4.78 is 16.5. The van der Waals surface area contributed by atoms with Crippen LogP contribution in [-0.4, -0.2) is 66.8 Å². The molecule has 158 valence electrons. The second kappa shape index (κ2) is 10.1. The number of carbonyl (C=O) groups is 1. The fourth-order valence-corrected chi connectivity index (χ4v) is 3.84. The Morgan fingerprint density at radius 1 is 1.26 bits per heavy atom. The molecule has 0 aromatic heterocycles. The molecule has 2 saturated heterocycles. The van der Waals surface area contributed by atoms with E-state index >= 15 is 0 Å². The highest BCUT2D eigenvalue weighted by Gasteiger charge is 2.45. The normalized spacial score (nSPS) is 28.0. The molecular weight excluding hydrogens is 346 g/mol. The van der Waals surface area contributed by atoms with E-state index in [1.54, 1.807) is 4.90 Å². The van der Waals surface area contributed by atoms with Gasteiger partial charge in [0, 0.05) is 25.1 Å². The Kier molecular flexibility index (Phi) is 8.38. The molecule has 6 nitrogen and oxygen atoms in total. The number of aliphatic hydroxyl groups excluding tert-OH is 1. The minimum Gasteiger partial charge on any atom is -0.444 e. The predicted octanol–water partition coefficient (Wildman–Crippen LogP) is 3.75. The molecule has 0 aromatic carbocycles. The maximum absolute atomic E-state index is 11.8. The van der Waals surface area contributed by atoms with Crippen LogP contribution in [0.5, 0.6) is 0 Å². The average Bonchev–Trinajstić information content (AvgIpc) is 3.23. The largest absolute Gasteiger partial charge is 0.444 e. The van der Waals surface area contributed by atoms with Crippen LogP contribution in [0.3, 0.4) is 0 Å². The average molecular weight is 386 g/mol. The Balaban J connectivity index is 0.000000239. The van der Waals surface area contributed by atoms with E-state index < -0.39 is 5.60 Å². The van der Waals surface area contributed by atoms with Gasteiger partial charge in [-0.2, -0.15) is 0 Å². The molecule has 0 spiro atoms. The molecule has 6 heteroatoms. The molecule has 2 unspecified atom stereocenters. The molecule has 2 atom stereocenters. The summed E-state index contributed by atoms with van der Waals surface area (Å²) >= 11 is 0. The lowest BCUT2D eigenvalue weighted by molar-refractivity contribution is -0.0118. The van der Waals surface area contributed by atoms with E-state index in [2.05, 4.69) is 6.92 Å². The Bertz CT molecular complexity index is 446. The fourth-order valence-electron chi connectivity index (χ4n) is 3.84. The van der Waals surface area contributed by atoms with Crippen molar-refractivity contribution in [3.05, 3.63) is 0 Å². The third kappa shape index (κ3) is 7.24. The van der Waals surface area contributed by atoms with Gasteiger partial charge in [-0.1, -0.05) is 13.3 Å². The van der Waals surface area contributed by atoms with Gasteiger partial charge in [0.05, 0.1) is 25.4 Å². The van der Waals surface area contributed by atoms with Gasteiger partial charge in [-0.15, -0.1) is 0 Å². The van der Waals surface area contributed by atoms with Crippen LogP contribution in [0, 0.1) is 5.41 Å². The van der Waals surface area contributed by atoms with Gasteiger partial charge in [0.1, 0.15) is 5.60 Å². The number of fused-ring (bicyclic) bond motifs is 2. The van der Waals surface area contributed by atoms with Crippen molar-refractivity contribution in [2.24, 2.45) is 5.41 Å². The number of amides is 1. The lowest BCUT2D eigenvalue weighted by Gasteiger charge is -2.33. The molecular formula is C21H39NO5. The molecule has 1 amide bonds. The first-order valence-electron chi connectivity index (χ1n) is 10.6. The lowest BCUT2D eigenvalue weighted by atomic mass is 9.90. The molecule has 1 aliphatic carbocycles. The van der Waals surface area contributed by atoms with Gasteiger partial charge in [0.15, 0.2) is 0 Å². The maximum Gasteiger partial charge on any atom is 0.410 e. The highest BCUT2D eigenvalue weighted by atomic mass is 16.6. The third-order valence-corrected chi connectivity index (χ3v) is 5.56. The first-order chi connectivity index (χ1) is 12.8. The summed E-state index contributed by atoms with van der Waals surface area (Å²) in [5.74, 6) is 0. The lowest BCUT2D eigenvalue weighted by Crippen LogP contribution is -2.43. The molecule has 0 aromatic rings. The van der Waals surface area contributed by atoms with Gasteiger partial charge in [-0.05, 0) is 59.3 Å². The highest BCUT2D eigenvalue weighted by Crippen LogP contribution is 2.45. The van der Waals surface area contributed by atoms with Gasteiger partial charge in [-0.3, -0.25) is 0 Å². The van der Waals surface area contributed by atoms with E-state index in [-0.39, 0.29) is 11.5 Å². The minimum atomic E-state index is -0.411. The van der Waals surface area contributed by atoms with E-state index in [0.717, 1.165) is 58.4 Å². The van der Waals surface area contributed by atoms with Crippen molar-refractivity contribution in [2.75, 3.05) is 32.9 Å². The van der Waals surface area contributed by atoms with Crippen LogP contribution < -0.4 is 0 Å². The van der Waals surface area contributed by atoms with E-state index in [1.807, 2.05) is 20.8 Å². The Labute approximate surface area is 164 Å². The minimum absolute atomic E-state index is 0.185. The summed E-state index contributed by atoms with van der Waals surface area (Å²) in [5.41, 5.74) is -0.226. The monoisotopic (exact) mass is 385 g/mol. The molecule has 3 aliphatic rings. The summed E-state index contributed by atoms with van der Waals surface area (Å²) in [6, 6.07) is 0. The fraction of sp³-hybridized carbons (Fsp3) is 0.952. The number of aliphatic hydroxyl groups is 1. The first kappa shape index (κ1) is 22.4. The maximum atomic E-state index is 11.8. The van der Waals surface area contributed by atoms with Crippen LogP contribution in [0.15, 0.2) is 0 Å². The van der Waals surface area contributed by atoms with Crippen molar-refractivity contribution in [3.8, 4) is 0 Å². The molecule has 1 saturated carbocycles. The number of ether oxygens (including phenoxy) is 3. The number of likely N-dealkylation sites (tertiary alicyclic amines) is 1. The highest BCUT2D eigenvalue weighted by molar-refractivity contribution is 5.68. The third-order valence-electron chi connectivity index (χ3n) is 5.56. The quantitative estimate of drug-likeness (QED) is 0.730. The number of nitrogens with zero attached hydrogens (tertiary/aromatic N) is 1.